The van der Waals surface area contributed by atoms with Gasteiger partial charge in [0, 0.05) is 5.69 Å². The number of aromatic carboxylic acids is 1. The minimum absolute atomic E-state index is 0.00769. The highest BCUT2D eigenvalue weighted by atomic mass is 16.5. The maximum absolute atomic E-state index is 10.9. The molecule has 1 N–H and O–H groups in total. The van der Waals surface area contributed by atoms with Gasteiger partial charge < -0.3 is 9.84 Å². The van der Waals surface area contributed by atoms with Crippen molar-refractivity contribution in [2.75, 3.05) is 7.11 Å². The SMILES string of the molecule is COc1nc2nc(C)cc(C(=O)O)n2n1. The van der Waals surface area contributed by atoms with Gasteiger partial charge in [-0.05, 0) is 13.0 Å². The number of aromatic nitrogens is 4. The average Bonchev–Trinajstić information content (AvgIpc) is 2.58. The Bertz CT molecular complexity index is 534. The third-order valence-corrected chi connectivity index (χ3v) is 1.82. The van der Waals surface area contributed by atoms with Crippen LogP contribution in [0.15, 0.2) is 6.07 Å². The molecule has 7 nitrogen and oxygen atoms in total. The number of carboxylic acid groups (broad SMARTS) is 1. The Hall–Kier alpha value is -2.18. The topological polar surface area (TPSA) is 89.6 Å². The van der Waals surface area contributed by atoms with Gasteiger partial charge in [0.25, 0.3) is 5.78 Å². The Morgan fingerprint density at radius 3 is 2.87 bits per heavy atom. The van der Waals surface area contributed by atoms with Crippen LogP contribution in [0.1, 0.15) is 16.2 Å². The lowest BCUT2D eigenvalue weighted by Crippen LogP contribution is -2.08. The largest absolute Gasteiger partial charge is 0.477 e. The van der Waals surface area contributed by atoms with Gasteiger partial charge in [-0.1, -0.05) is 0 Å². The van der Waals surface area contributed by atoms with Crippen molar-refractivity contribution in [3.05, 3.63) is 17.5 Å². The summed E-state index contributed by atoms with van der Waals surface area (Å²) in [6.45, 7) is 1.69. The number of hydrogen-bond donors (Lipinski definition) is 1. The van der Waals surface area contributed by atoms with E-state index in [-0.39, 0.29) is 17.5 Å². The molecule has 0 saturated carbocycles. The lowest BCUT2D eigenvalue weighted by atomic mass is 10.3. The summed E-state index contributed by atoms with van der Waals surface area (Å²) in [4.78, 5) is 18.8. The van der Waals surface area contributed by atoms with Crippen molar-refractivity contribution >= 4 is 11.7 Å². The molecule has 0 aliphatic rings. The second kappa shape index (κ2) is 3.19. The minimum atomic E-state index is -1.09. The van der Waals surface area contributed by atoms with Crippen LogP contribution >= 0.6 is 0 Å². The summed E-state index contributed by atoms with van der Waals surface area (Å²) < 4.78 is 5.93. The summed E-state index contributed by atoms with van der Waals surface area (Å²) in [6.07, 6.45) is 0. The third-order valence-electron chi connectivity index (χ3n) is 1.82. The second-order valence-electron chi connectivity index (χ2n) is 2.90. The van der Waals surface area contributed by atoms with Crippen molar-refractivity contribution in [3.63, 3.8) is 0 Å². The molecule has 0 aliphatic heterocycles. The van der Waals surface area contributed by atoms with E-state index >= 15 is 0 Å². The number of nitrogens with zero attached hydrogens (tertiary/aromatic N) is 4. The average molecular weight is 208 g/mol. The zero-order valence-electron chi connectivity index (χ0n) is 8.13. The van der Waals surface area contributed by atoms with E-state index in [9.17, 15) is 4.79 Å². The van der Waals surface area contributed by atoms with Crippen molar-refractivity contribution < 1.29 is 14.6 Å². The molecule has 15 heavy (non-hydrogen) atoms. The third kappa shape index (κ3) is 1.47. The molecule has 2 heterocycles. The minimum Gasteiger partial charge on any atom is -0.477 e. The number of aryl methyl sites for hydroxylation is 1. The fourth-order valence-electron chi connectivity index (χ4n) is 1.21. The van der Waals surface area contributed by atoms with Gasteiger partial charge in [0.15, 0.2) is 5.69 Å². The van der Waals surface area contributed by atoms with Crippen LogP contribution in [0.25, 0.3) is 5.78 Å². The maximum atomic E-state index is 10.9. The van der Waals surface area contributed by atoms with Gasteiger partial charge in [-0.15, -0.1) is 5.10 Å². The Balaban J connectivity index is 2.77. The molecule has 0 aliphatic carbocycles. The van der Waals surface area contributed by atoms with E-state index < -0.39 is 5.97 Å². The molecule has 0 atom stereocenters. The fraction of sp³-hybridized carbons (Fsp3) is 0.250. The summed E-state index contributed by atoms with van der Waals surface area (Å²) >= 11 is 0. The Labute approximate surface area is 84.3 Å². The first-order chi connectivity index (χ1) is 7.11. The van der Waals surface area contributed by atoms with Crippen molar-refractivity contribution in [2.45, 2.75) is 6.92 Å². The van der Waals surface area contributed by atoms with Crippen LogP contribution in [-0.2, 0) is 0 Å². The quantitative estimate of drug-likeness (QED) is 0.754. The standard InChI is InChI=1S/C8H8N4O3/c1-4-3-5(6(13)14)12-7(9-4)10-8(11-12)15-2/h3H,1-2H3,(H,13,14). The van der Waals surface area contributed by atoms with Crippen LogP contribution in [-0.4, -0.2) is 37.8 Å². The first-order valence-corrected chi connectivity index (χ1v) is 4.13. The number of rotatable bonds is 2. The van der Waals surface area contributed by atoms with E-state index in [2.05, 4.69) is 15.1 Å². The van der Waals surface area contributed by atoms with Crippen LogP contribution in [0.3, 0.4) is 0 Å². The molecule has 0 spiro atoms. The number of fused-ring (bicyclic) bond motifs is 1. The molecular formula is C8H8N4O3. The van der Waals surface area contributed by atoms with E-state index in [4.69, 9.17) is 9.84 Å². The molecule has 0 aromatic carbocycles. The number of carbonyl (C=O) groups is 1. The van der Waals surface area contributed by atoms with Crippen LogP contribution in [0.4, 0.5) is 0 Å². The van der Waals surface area contributed by atoms with Crippen LogP contribution in [0, 0.1) is 6.92 Å². The van der Waals surface area contributed by atoms with Crippen LogP contribution in [0.2, 0.25) is 0 Å². The van der Waals surface area contributed by atoms with Gasteiger partial charge in [-0.2, -0.15) is 9.50 Å². The summed E-state index contributed by atoms with van der Waals surface area (Å²) in [7, 11) is 1.40. The summed E-state index contributed by atoms with van der Waals surface area (Å²) in [5.41, 5.74) is 0.572. The maximum Gasteiger partial charge on any atom is 0.354 e. The predicted octanol–water partition coefficient (Wildman–Crippen LogP) is 0.140. The van der Waals surface area contributed by atoms with Gasteiger partial charge in [0.05, 0.1) is 7.11 Å². The molecule has 0 radical (unpaired) electrons. The molecule has 2 rings (SSSR count). The number of ether oxygens (including phenoxy) is 1. The molecule has 0 fully saturated rings. The molecule has 0 bridgehead atoms. The molecule has 0 amide bonds. The monoisotopic (exact) mass is 208 g/mol. The smallest absolute Gasteiger partial charge is 0.354 e. The summed E-state index contributed by atoms with van der Waals surface area (Å²) in [5, 5.41) is 12.8. The van der Waals surface area contributed by atoms with Gasteiger partial charge in [0.2, 0.25) is 0 Å². The van der Waals surface area contributed by atoms with Gasteiger partial charge in [-0.25, -0.2) is 9.78 Å². The van der Waals surface area contributed by atoms with E-state index in [1.54, 1.807) is 6.92 Å². The van der Waals surface area contributed by atoms with Crippen molar-refractivity contribution in [3.8, 4) is 6.01 Å². The molecular weight excluding hydrogens is 200 g/mol. The lowest BCUT2D eigenvalue weighted by Gasteiger charge is -1.98. The Kier molecular flexibility index (Phi) is 2.00. The van der Waals surface area contributed by atoms with Gasteiger partial charge in [0.1, 0.15) is 0 Å². The highest BCUT2D eigenvalue weighted by molar-refractivity contribution is 5.86. The number of carboxylic acids is 1. The predicted molar refractivity (Wildman–Crippen MR) is 49.0 cm³/mol. The van der Waals surface area contributed by atoms with E-state index in [0.29, 0.717) is 5.69 Å². The van der Waals surface area contributed by atoms with E-state index in [0.717, 1.165) is 4.52 Å². The molecule has 78 valence electrons. The zero-order chi connectivity index (χ0) is 11.0. The lowest BCUT2D eigenvalue weighted by molar-refractivity contribution is 0.0687. The first-order valence-electron chi connectivity index (χ1n) is 4.13. The van der Waals surface area contributed by atoms with Crippen LogP contribution in [0.5, 0.6) is 6.01 Å². The molecule has 2 aromatic heterocycles. The van der Waals surface area contributed by atoms with Crippen LogP contribution < -0.4 is 4.74 Å². The van der Waals surface area contributed by atoms with Crippen molar-refractivity contribution in [1.29, 1.82) is 0 Å². The fourth-order valence-corrected chi connectivity index (χ4v) is 1.21. The number of methoxy groups -OCH3 is 1. The van der Waals surface area contributed by atoms with Crippen molar-refractivity contribution in [1.82, 2.24) is 19.6 Å². The normalized spacial score (nSPS) is 10.5. The highest BCUT2D eigenvalue weighted by Gasteiger charge is 2.14. The second-order valence-corrected chi connectivity index (χ2v) is 2.90. The first kappa shape index (κ1) is 9.38. The summed E-state index contributed by atoms with van der Waals surface area (Å²) in [6, 6.07) is 1.51. The Morgan fingerprint density at radius 2 is 2.27 bits per heavy atom. The Morgan fingerprint density at radius 1 is 1.53 bits per heavy atom. The molecule has 0 saturated heterocycles. The van der Waals surface area contributed by atoms with Gasteiger partial charge >= 0.3 is 12.0 Å². The molecule has 2 aromatic rings. The van der Waals surface area contributed by atoms with E-state index in [1.165, 1.54) is 13.2 Å². The highest BCUT2D eigenvalue weighted by Crippen LogP contribution is 2.09. The molecule has 7 heteroatoms. The van der Waals surface area contributed by atoms with Gasteiger partial charge in [-0.3, -0.25) is 0 Å². The van der Waals surface area contributed by atoms with Crippen molar-refractivity contribution in [2.24, 2.45) is 0 Å². The summed E-state index contributed by atoms with van der Waals surface area (Å²) in [5.74, 6) is -0.873. The zero-order valence-corrected chi connectivity index (χ0v) is 8.13. The molecule has 0 unspecified atom stereocenters. The van der Waals surface area contributed by atoms with E-state index in [1.807, 2.05) is 0 Å². The number of hydrogen-bond acceptors (Lipinski definition) is 5.